The molecule has 0 saturated heterocycles. The molecule has 1 heterocycles. The first-order valence-corrected chi connectivity index (χ1v) is 8.20. The Bertz CT molecular complexity index is 1090. The molecule has 1 aromatic heterocycles. The minimum atomic E-state index is -1.20. The normalized spacial score (nSPS) is 11.8. The number of hydrogen-bond donors (Lipinski definition) is 3. The van der Waals surface area contributed by atoms with Crippen LogP contribution in [0.25, 0.3) is 5.69 Å². The first kappa shape index (κ1) is 19.0. The molecule has 0 spiro atoms. The number of nitrogens with zero attached hydrogens (tertiary/aromatic N) is 1. The number of rotatable bonds is 6. The third kappa shape index (κ3) is 4.14. The lowest BCUT2D eigenvalue weighted by Crippen LogP contribution is -2.30. The van der Waals surface area contributed by atoms with Crippen molar-refractivity contribution in [3.8, 4) is 5.69 Å². The van der Waals surface area contributed by atoms with Crippen LogP contribution >= 0.6 is 0 Å². The number of amides is 1. The molecule has 0 fully saturated rings. The van der Waals surface area contributed by atoms with Crippen LogP contribution in [0.4, 0.5) is 8.78 Å². The van der Waals surface area contributed by atoms with Crippen LogP contribution in [0.15, 0.2) is 59.4 Å². The Labute approximate surface area is 157 Å². The number of halogens is 2. The standard InChI is InChI=1S/C19H15F2N3O4/c20-12-5-3-4-11(8-12)14(10-18(26)27)22-19(28)15-9-17(25)24(23-15)16-7-2-1-6-13(16)21/h1-9,14,23H,10H2,(H,22,28)(H,26,27)/t14-/m0/s1. The number of carbonyl (C=O) groups excluding carboxylic acids is 1. The number of aromatic nitrogens is 2. The van der Waals surface area contributed by atoms with Crippen molar-refractivity contribution in [3.63, 3.8) is 0 Å². The highest BCUT2D eigenvalue weighted by Gasteiger charge is 2.21. The topological polar surface area (TPSA) is 104 Å². The molecule has 0 radical (unpaired) electrons. The molecular formula is C19H15F2N3O4. The monoisotopic (exact) mass is 387 g/mol. The molecule has 0 unspecified atom stereocenters. The highest BCUT2D eigenvalue weighted by atomic mass is 19.1. The van der Waals surface area contributed by atoms with E-state index in [0.717, 1.165) is 22.9 Å². The predicted octanol–water partition coefficient (Wildman–Crippen LogP) is 2.39. The zero-order valence-electron chi connectivity index (χ0n) is 14.4. The summed E-state index contributed by atoms with van der Waals surface area (Å²) in [6.07, 6.45) is -0.493. The van der Waals surface area contributed by atoms with Gasteiger partial charge in [-0.1, -0.05) is 24.3 Å². The Morgan fingerprint density at radius 3 is 2.54 bits per heavy atom. The van der Waals surface area contributed by atoms with Crippen molar-refractivity contribution >= 4 is 11.9 Å². The molecule has 1 amide bonds. The number of carboxylic acids is 1. The second kappa shape index (κ2) is 7.87. The van der Waals surface area contributed by atoms with Gasteiger partial charge in [-0.3, -0.25) is 19.5 Å². The molecule has 1 atom stereocenters. The third-order valence-corrected chi connectivity index (χ3v) is 3.99. The summed E-state index contributed by atoms with van der Waals surface area (Å²) in [7, 11) is 0. The summed E-state index contributed by atoms with van der Waals surface area (Å²) in [5.41, 5.74) is -0.679. The van der Waals surface area contributed by atoms with Gasteiger partial charge in [-0.15, -0.1) is 0 Å². The van der Waals surface area contributed by atoms with E-state index in [2.05, 4.69) is 10.4 Å². The SMILES string of the molecule is O=C(O)C[C@H](NC(=O)c1cc(=O)n(-c2ccccc2F)[nH]1)c1cccc(F)c1. The van der Waals surface area contributed by atoms with Crippen LogP contribution in [-0.2, 0) is 4.79 Å². The summed E-state index contributed by atoms with van der Waals surface area (Å²) in [5, 5.41) is 14.0. The predicted molar refractivity (Wildman–Crippen MR) is 95.2 cm³/mol. The third-order valence-electron chi connectivity index (χ3n) is 3.99. The lowest BCUT2D eigenvalue weighted by atomic mass is 10.0. The fourth-order valence-corrected chi connectivity index (χ4v) is 2.71. The van der Waals surface area contributed by atoms with Gasteiger partial charge in [-0.2, -0.15) is 0 Å². The minimum Gasteiger partial charge on any atom is -0.481 e. The fraction of sp³-hybridized carbons (Fsp3) is 0.105. The van der Waals surface area contributed by atoms with Crippen molar-refractivity contribution in [2.45, 2.75) is 12.5 Å². The average Bonchev–Trinajstić information content (AvgIpc) is 3.03. The van der Waals surface area contributed by atoms with E-state index in [1.165, 1.54) is 36.4 Å². The van der Waals surface area contributed by atoms with Crippen molar-refractivity contribution in [3.05, 3.63) is 87.8 Å². The molecule has 0 bridgehead atoms. The van der Waals surface area contributed by atoms with Crippen LogP contribution in [0.3, 0.4) is 0 Å². The molecule has 3 rings (SSSR count). The second-order valence-electron chi connectivity index (χ2n) is 5.97. The van der Waals surface area contributed by atoms with Gasteiger partial charge in [-0.05, 0) is 29.8 Å². The lowest BCUT2D eigenvalue weighted by molar-refractivity contribution is -0.137. The summed E-state index contributed by atoms with van der Waals surface area (Å²) >= 11 is 0. The first-order chi connectivity index (χ1) is 13.3. The minimum absolute atomic E-state index is 0.0706. The van der Waals surface area contributed by atoms with Crippen molar-refractivity contribution in [1.29, 1.82) is 0 Å². The van der Waals surface area contributed by atoms with Gasteiger partial charge in [0.05, 0.1) is 12.5 Å². The van der Waals surface area contributed by atoms with E-state index >= 15 is 0 Å². The maximum absolute atomic E-state index is 13.9. The average molecular weight is 387 g/mol. The van der Waals surface area contributed by atoms with Gasteiger partial charge in [0.25, 0.3) is 11.5 Å². The molecule has 9 heteroatoms. The molecular weight excluding hydrogens is 372 g/mol. The van der Waals surface area contributed by atoms with Crippen LogP contribution in [0.2, 0.25) is 0 Å². The van der Waals surface area contributed by atoms with Gasteiger partial charge in [0, 0.05) is 6.07 Å². The number of hydrogen-bond acceptors (Lipinski definition) is 3. The molecule has 0 aliphatic heterocycles. The van der Waals surface area contributed by atoms with Gasteiger partial charge in [0.15, 0.2) is 0 Å². The van der Waals surface area contributed by atoms with Crippen molar-refractivity contribution in [2.24, 2.45) is 0 Å². The molecule has 3 aromatic rings. The van der Waals surface area contributed by atoms with Crippen LogP contribution in [0, 0.1) is 11.6 Å². The van der Waals surface area contributed by atoms with Gasteiger partial charge >= 0.3 is 5.97 Å². The smallest absolute Gasteiger partial charge is 0.305 e. The van der Waals surface area contributed by atoms with E-state index in [1.807, 2.05) is 0 Å². The molecule has 144 valence electrons. The van der Waals surface area contributed by atoms with Crippen LogP contribution in [0.5, 0.6) is 0 Å². The zero-order chi connectivity index (χ0) is 20.3. The Balaban J connectivity index is 1.89. The van der Waals surface area contributed by atoms with Gasteiger partial charge < -0.3 is 10.4 Å². The van der Waals surface area contributed by atoms with Gasteiger partial charge in [-0.25, -0.2) is 13.5 Å². The van der Waals surface area contributed by atoms with E-state index in [1.54, 1.807) is 0 Å². The molecule has 0 saturated carbocycles. The van der Waals surface area contributed by atoms with Crippen molar-refractivity contribution in [2.75, 3.05) is 0 Å². The molecule has 3 N–H and O–H groups in total. The second-order valence-corrected chi connectivity index (χ2v) is 5.97. The number of para-hydroxylation sites is 1. The number of benzene rings is 2. The summed E-state index contributed by atoms with van der Waals surface area (Å²) in [6, 6.07) is 10.6. The summed E-state index contributed by atoms with van der Waals surface area (Å²) < 4.78 is 28.2. The summed E-state index contributed by atoms with van der Waals surface area (Å²) in [6.45, 7) is 0. The van der Waals surface area contributed by atoms with Crippen molar-refractivity contribution in [1.82, 2.24) is 15.1 Å². The summed E-state index contributed by atoms with van der Waals surface area (Å²) in [5.74, 6) is -3.24. The molecule has 2 aromatic carbocycles. The van der Waals surface area contributed by atoms with E-state index in [-0.39, 0.29) is 16.9 Å². The molecule has 0 aliphatic carbocycles. The van der Waals surface area contributed by atoms with E-state index < -0.39 is 41.5 Å². The zero-order valence-corrected chi connectivity index (χ0v) is 14.4. The van der Waals surface area contributed by atoms with Gasteiger partial charge in [0.1, 0.15) is 23.0 Å². The highest BCUT2D eigenvalue weighted by molar-refractivity contribution is 5.92. The van der Waals surface area contributed by atoms with Crippen LogP contribution in [0.1, 0.15) is 28.5 Å². The number of aliphatic carboxylic acids is 1. The maximum Gasteiger partial charge on any atom is 0.305 e. The maximum atomic E-state index is 13.9. The number of carbonyl (C=O) groups is 2. The number of nitrogens with one attached hydrogen (secondary N) is 2. The molecule has 0 aliphatic rings. The lowest BCUT2D eigenvalue weighted by Gasteiger charge is -2.17. The van der Waals surface area contributed by atoms with Crippen LogP contribution in [-0.4, -0.2) is 26.8 Å². The van der Waals surface area contributed by atoms with Crippen molar-refractivity contribution < 1.29 is 23.5 Å². The highest BCUT2D eigenvalue weighted by Crippen LogP contribution is 2.19. The Hall–Kier alpha value is -3.75. The number of carboxylic acid groups (broad SMARTS) is 1. The molecule has 28 heavy (non-hydrogen) atoms. The Morgan fingerprint density at radius 1 is 1.11 bits per heavy atom. The Kier molecular flexibility index (Phi) is 5.35. The van der Waals surface area contributed by atoms with E-state index in [9.17, 15) is 23.2 Å². The largest absolute Gasteiger partial charge is 0.481 e. The number of H-pyrrole nitrogens is 1. The van der Waals surface area contributed by atoms with Gasteiger partial charge in [0.2, 0.25) is 0 Å². The quantitative estimate of drug-likeness (QED) is 0.604. The first-order valence-electron chi connectivity index (χ1n) is 8.20. The van der Waals surface area contributed by atoms with Crippen LogP contribution < -0.4 is 10.9 Å². The fourth-order valence-electron chi connectivity index (χ4n) is 2.71. The van der Waals surface area contributed by atoms with E-state index in [4.69, 9.17) is 5.11 Å². The van der Waals surface area contributed by atoms with E-state index in [0.29, 0.717) is 0 Å². The summed E-state index contributed by atoms with van der Waals surface area (Å²) in [4.78, 5) is 35.7. The Morgan fingerprint density at radius 2 is 1.86 bits per heavy atom. The molecule has 7 nitrogen and oxygen atoms in total. The number of aromatic amines is 1.